The van der Waals surface area contributed by atoms with Gasteiger partial charge < -0.3 is 4.74 Å². The fraction of sp³-hybridized carbons (Fsp3) is 0.900. The van der Waals surface area contributed by atoms with E-state index in [2.05, 4.69) is 17.9 Å². The van der Waals surface area contributed by atoms with Crippen molar-refractivity contribution in [3.63, 3.8) is 0 Å². The molecule has 0 bridgehead atoms. The van der Waals surface area contributed by atoms with Crippen LogP contribution in [0.5, 0.6) is 0 Å². The van der Waals surface area contributed by atoms with Gasteiger partial charge in [0.2, 0.25) is 0 Å². The smallest absolute Gasteiger partial charge is 0.0666 e. The molecule has 0 radical (unpaired) electrons. The second-order valence-corrected chi connectivity index (χ2v) is 3.66. The van der Waals surface area contributed by atoms with Gasteiger partial charge in [0.05, 0.1) is 25.2 Å². The topological polar surface area (TPSA) is 36.3 Å². The minimum Gasteiger partial charge on any atom is -0.378 e. The van der Waals surface area contributed by atoms with Gasteiger partial charge in [0, 0.05) is 19.1 Å². The van der Waals surface area contributed by atoms with Crippen LogP contribution in [0.3, 0.4) is 0 Å². The Morgan fingerprint density at radius 3 is 3.08 bits per heavy atom. The minimum atomic E-state index is 0.132. The summed E-state index contributed by atoms with van der Waals surface area (Å²) >= 11 is 0. The molecule has 0 aliphatic carbocycles. The molecule has 2 unspecified atom stereocenters. The molecule has 3 heteroatoms. The quantitative estimate of drug-likeness (QED) is 0.659. The Kier molecular flexibility index (Phi) is 4.20. The lowest BCUT2D eigenvalue weighted by Gasteiger charge is -2.35. The van der Waals surface area contributed by atoms with E-state index in [0.29, 0.717) is 6.04 Å². The second kappa shape index (κ2) is 5.21. The van der Waals surface area contributed by atoms with E-state index in [1.807, 2.05) is 6.92 Å². The maximum atomic E-state index is 8.72. The summed E-state index contributed by atoms with van der Waals surface area (Å²) in [4.78, 5) is 2.37. The van der Waals surface area contributed by atoms with E-state index in [0.717, 1.165) is 32.7 Å². The highest BCUT2D eigenvalue weighted by Crippen LogP contribution is 2.12. The van der Waals surface area contributed by atoms with Gasteiger partial charge in [-0.05, 0) is 13.3 Å². The minimum absolute atomic E-state index is 0.132. The monoisotopic (exact) mass is 182 g/mol. The van der Waals surface area contributed by atoms with E-state index >= 15 is 0 Å². The highest BCUT2D eigenvalue weighted by atomic mass is 16.5. The Morgan fingerprint density at radius 1 is 1.69 bits per heavy atom. The van der Waals surface area contributed by atoms with Gasteiger partial charge in [-0.2, -0.15) is 5.26 Å². The van der Waals surface area contributed by atoms with Crippen LogP contribution in [0.2, 0.25) is 0 Å². The van der Waals surface area contributed by atoms with Crippen LogP contribution in [0.25, 0.3) is 0 Å². The largest absolute Gasteiger partial charge is 0.378 e. The van der Waals surface area contributed by atoms with Crippen LogP contribution in [0.1, 0.15) is 20.3 Å². The number of hydrogen-bond donors (Lipinski definition) is 0. The van der Waals surface area contributed by atoms with Gasteiger partial charge in [-0.15, -0.1) is 0 Å². The molecule has 0 N–H and O–H groups in total. The van der Waals surface area contributed by atoms with Crippen LogP contribution in [0.4, 0.5) is 0 Å². The molecule has 3 nitrogen and oxygen atoms in total. The number of nitrogens with zero attached hydrogens (tertiary/aromatic N) is 2. The van der Waals surface area contributed by atoms with Crippen LogP contribution in [-0.4, -0.2) is 37.2 Å². The standard InChI is InChI=1S/C10H18N2O/c1-3-10-8-13-5-4-12(10)7-9(2)6-11/h9-10H,3-5,7-8H2,1-2H3. The molecule has 13 heavy (non-hydrogen) atoms. The molecule has 0 aromatic carbocycles. The van der Waals surface area contributed by atoms with Gasteiger partial charge in [-0.3, -0.25) is 4.90 Å². The Bertz CT molecular complexity index is 188. The third-order valence-electron chi connectivity index (χ3n) is 2.55. The van der Waals surface area contributed by atoms with E-state index in [1.54, 1.807) is 0 Å². The third-order valence-corrected chi connectivity index (χ3v) is 2.55. The molecular formula is C10H18N2O. The predicted molar refractivity (Wildman–Crippen MR) is 51.2 cm³/mol. The predicted octanol–water partition coefficient (Wildman–Crippen LogP) is 1.26. The summed E-state index contributed by atoms with van der Waals surface area (Å²) < 4.78 is 5.39. The summed E-state index contributed by atoms with van der Waals surface area (Å²) in [7, 11) is 0. The number of hydrogen-bond acceptors (Lipinski definition) is 3. The van der Waals surface area contributed by atoms with Gasteiger partial charge in [0.15, 0.2) is 0 Å². The third kappa shape index (κ3) is 2.98. The average Bonchev–Trinajstić information content (AvgIpc) is 2.18. The molecule has 1 aliphatic rings. The lowest BCUT2D eigenvalue weighted by Crippen LogP contribution is -2.46. The van der Waals surface area contributed by atoms with Crippen molar-refractivity contribution in [3.05, 3.63) is 0 Å². The molecule has 0 spiro atoms. The van der Waals surface area contributed by atoms with Crippen molar-refractivity contribution in [3.8, 4) is 6.07 Å². The van der Waals surface area contributed by atoms with Crippen molar-refractivity contribution < 1.29 is 4.74 Å². The molecule has 1 aliphatic heterocycles. The fourth-order valence-electron chi connectivity index (χ4n) is 1.70. The molecule has 1 fully saturated rings. The average molecular weight is 182 g/mol. The molecule has 0 amide bonds. The van der Waals surface area contributed by atoms with Crippen molar-refractivity contribution in [2.24, 2.45) is 5.92 Å². The Labute approximate surface area is 80.3 Å². The second-order valence-electron chi connectivity index (χ2n) is 3.66. The van der Waals surface area contributed by atoms with Crippen molar-refractivity contribution >= 4 is 0 Å². The van der Waals surface area contributed by atoms with Gasteiger partial charge in [0.25, 0.3) is 0 Å². The first-order valence-electron chi connectivity index (χ1n) is 4.99. The molecule has 74 valence electrons. The first-order chi connectivity index (χ1) is 6.27. The summed E-state index contributed by atoms with van der Waals surface area (Å²) in [6.45, 7) is 7.65. The molecular weight excluding hydrogens is 164 g/mol. The first kappa shape index (κ1) is 10.5. The summed E-state index contributed by atoms with van der Waals surface area (Å²) in [6, 6.07) is 2.79. The summed E-state index contributed by atoms with van der Waals surface area (Å²) in [6.07, 6.45) is 1.11. The first-order valence-corrected chi connectivity index (χ1v) is 4.99. The molecule has 1 rings (SSSR count). The highest BCUT2D eigenvalue weighted by Gasteiger charge is 2.22. The van der Waals surface area contributed by atoms with E-state index in [9.17, 15) is 0 Å². The van der Waals surface area contributed by atoms with Gasteiger partial charge in [-0.1, -0.05) is 6.92 Å². The number of morpholine rings is 1. The molecule has 0 saturated carbocycles. The summed E-state index contributed by atoms with van der Waals surface area (Å²) in [5, 5.41) is 8.72. The number of ether oxygens (including phenoxy) is 1. The van der Waals surface area contributed by atoms with Crippen LogP contribution >= 0.6 is 0 Å². The molecule has 1 saturated heterocycles. The molecule has 0 aromatic rings. The Hall–Kier alpha value is -0.590. The van der Waals surface area contributed by atoms with Gasteiger partial charge in [-0.25, -0.2) is 0 Å². The highest BCUT2D eigenvalue weighted by molar-refractivity contribution is 4.84. The van der Waals surface area contributed by atoms with Crippen LogP contribution in [0, 0.1) is 17.2 Å². The zero-order chi connectivity index (χ0) is 9.68. The fourth-order valence-corrected chi connectivity index (χ4v) is 1.70. The van der Waals surface area contributed by atoms with E-state index in [1.165, 1.54) is 0 Å². The summed E-state index contributed by atoms with van der Waals surface area (Å²) in [5.41, 5.74) is 0. The normalized spacial score (nSPS) is 26.7. The Balaban J connectivity index is 2.41. The lowest BCUT2D eigenvalue weighted by molar-refractivity contribution is -0.0117. The van der Waals surface area contributed by atoms with Crippen molar-refractivity contribution in [2.75, 3.05) is 26.3 Å². The molecule has 2 atom stereocenters. The van der Waals surface area contributed by atoms with Gasteiger partial charge in [0.1, 0.15) is 0 Å². The Morgan fingerprint density at radius 2 is 2.46 bits per heavy atom. The van der Waals surface area contributed by atoms with E-state index in [-0.39, 0.29) is 5.92 Å². The molecule has 0 aromatic heterocycles. The van der Waals surface area contributed by atoms with E-state index in [4.69, 9.17) is 10.00 Å². The maximum absolute atomic E-state index is 8.72. The van der Waals surface area contributed by atoms with Crippen molar-refractivity contribution in [1.29, 1.82) is 5.26 Å². The lowest BCUT2D eigenvalue weighted by atomic mass is 10.1. The summed E-state index contributed by atoms with van der Waals surface area (Å²) in [5.74, 6) is 0.132. The van der Waals surface area contributed by atoms with Gasteiger partial charge >= 0.3 is 0 Å². The molecule has 1 heterocycles. The van der Waals surface area contributed by atoms with E-state index < -0.39 is 0 Å². The van der Waals surface area contributed by atoms with Crippen molar-refractivity contribution in [2.45, 2.75) is 26.3 Å². The zero-order valence-corrected chi connectivity index (χ0v) is 8.49. The zero-order valence-electron chi connectivity index (χ0n) is 8.49. The maximum Gasteiger partial charge on any atom is 0.0666 e. The van der Waals surface area contributed by atoms with Crippen LogP contribution in [-0.2, 0) is 4.74 Å². The van der Waals surface area contributed by atoms with Crippen LogP contribution in [0.15, 0.2) is 0 Å². The SMILES string of the molecule is CCC1COCCN1CC(C)C#N. The van der Waals surface area contributed by atoms with Crippen molar-refractivity contribution in [1.82, 2.24) is 4.90 Å². The number of rotatable bonds is 3. The van der Waals surface area contributed by atoms with Crippen LogP contribution < -0.4 is 0 Å². The number of nitriles is 1.